The number of para-hydroxylation sites is 1. The van der Waals surface area contributed by atoms with Gasteiger partial charge in [0, 0.05) is 0 Å². The number of hydrogen-bond acceptors (Lipinski definition) is 3. The molecule has 0 spiro atoms. The van der Waals surface area contributed by atoms with Gasteiger partial charge in [0.25, 0.3) is 5.91 Å². The first kappa shape index (κ1) is 16.0. The molecule has 0 unspecified atom stereocenters. The fourth-order valence-corrected chi connectivity index (χ4v) is 3.75. The number of benzene rings is 1. The van der Waals surface area contributed by atoms with E-state index in [0.717, 1.165) is 50.1 Å². The molecular formula is C18H26N4O. The summed E-state index contributed by atoms with van der Waals surface area (Å²) in [6.07, 6.45) is 5.74. The number of rotatable bonds is 7. The Labute approximate surface area is 137 Å². The van der Waals surface area contributed by atoms with Crippen LogP contribution in [0.3, 0.4) is 0 Å². The number of carbonyl (C=O) groups excluding carboxylic acids is 1. The lowest BCUT2D eigenvalue weighted by atomic mass is 9.74. The Bertz CT molecular complexity index is 696. The summed E-state index contributed by atoms with van der Waals surface area (Å²) in [6, 6.07) is 5.57. The summed E-state index contributed by atoms with van der Waals surface area (Å²) in [6.45, 7) is 6.60. The van der Waals surface area contributed by atoms with Crippen molar-refractivity contribution in [2.75, 3.05) is 13.1 Å². The Morgan fingerprint density at radius 1 is 1.30 bits per heavy atom. The summed E-state index contributed by atoms with van der Waals surface area (Å²) in [5, 5.41) is 0. The zero-order chi connectivity index (χ0) is 16.4. The molecule has 0 bridgehead atoms. The van der Waals surface area contributed by atoms with Gasteiger partial charge >= 0.3 is 0 Å². The quantitative estimate of drug-likeness (QED) is 0.824. The van der Waals surface area contributed by atoms with Crippen LogP contribution >= 0.6 is 0 Å². The van der Waals surface area contributed by atoms with E-state index in [2.05, 4.69) is 23.7 Å². The number of imidazole rings is 1. The maximum absolute atomic E-state index is 11.7. The average Bonchev–Trinajstić information content (AvgIpc) is 2.90. The molecule has 1 aromatic heterocycles. The molecule has 1 amide bonds. The number of H-pyrrole nitrogens is 1. The van der Waals surface area contributed by atoms with Crippen LogP contribution < -0.4 is 5.73 Å². The first-order chi connectivity index (χ1) is 11.1. The first-order valence-electron chi connectivity index (χ1n) is 8.66. The highest BCUT2D eigenvalue weighted by molar-refractivity contribution is 6.04. The highest BCUT2D eigenvalue weighted by atomic mass is 16.1. The monoisotopic (exact) mass is 314 g/mol. The van der Waals surface area contributed by atoms with Crippen molar-refractivity contribution in [1.82, 2.24) is 14.9 Å². The first-order valence-corrected chi connectivity index (χ1v) is 8.66. The zero-order valence-electron chi connectivity index (χ0n) is 14.1. The van der Waals surface area contributed by atoms with Gasteiger partial charge in [-0.3, -0.25) is 9.69 Å². The molecule has 1 aliphatic carbocycles. The minimum atomic E-state index is -0.421. The van der Waals surface area contributed by atoms with E-state index < -0.39 is 5.91 Å². The number of aromatic nitrogens is 2. The number of carbonyl (C=O) groups is 1. The van der Waals surface area contributed by atoms with Crippen LogP contribution in [0, 0.1) is 0 Å². The number of fused-ring (bicyclic) bond motifs is 1. The predicted molar refractivity (Wildman–Crippen MR) is 92.3 cm³/mol. The number of aromatic amines is 1. The van der Waals surface area contributed by atoms with Gasteiger partial charge in [-0.2, -0.15) is 0 Å². The van der Waals surface area contributed by atoms with Crippen LogP contribution in [-0.2, 0) is 5.54 Å². The molecule has 0 radical (unpaired) electrons. The van der Waals surface area contributed by atoms with Crippen LogP contribution in [0.4, 0.5) is 0 Å². The highest BCUT2D eigenvalue weighted by Gasteiger charge is 2.45. The second kappa shape index (κ2) is 6.32. The standard InChI is InChI=1S/C18H26N4O/c1-3-11-22(12-4-2)18(9-6-10-18)17-20-14-8-5-7-13(16(19)23)15(14)21-17/h5,7-8H,3-4,6,9-12H2,1-2H3,(H2,19,23)(H,20,21). The van der Waals surface area contributed by atoms with Crippen molar-refractivity contribution >= 4 is 16.9 Å². The fraction of sp³-hybridized carbons (Fsp3) is 0.556. The molecule has 3 N–H and O–H groups in total. The van der Waals surface area contributed by atoms with E-state index in [1.54, 1.807) is 6.07 Å². The molecule has 0 aliphatic heterocycles. The lowest BCUT2D eigenvalue weighted by molar-refractivity contribution is 0.00476. The molecule has 1 aliphatic rings. The van der Waals surface area contributed by atoms with Crippen LogP contribution in [0.2, 0.25) is 0 Å². The van der Waals surface area contributed by atoms with Crippen molar-refractivity contribution < 1.29 is 4.79 Å². The SMILES string of the molecule is CCCN(CCC)C1(c2nc3c(C(N)=O)cccc3[nH]2)CCC1. The number of nitrogens with two attached hydrogens (primary N) is 1. The minimum absolute atomic E-state index is 0.0000435. The molecule has 124 valence electrons. The van der Waals surface area contributed by atoms with Gasteiger partial charge in [-0.05, 0) is 57.3 Å². The van der Waals surface area contributed by atoms with Crippen molar-refractivity contribution in [2.24, 2.45) is 5.73 Å². The molecule has 2 aromatic rings. The third-order valence-corrected chi connectivity index (χ3v) is 4.99. The normalized spacial score (nSPS) is 16.7. The molecule has 0 atom stereocenters. The van der Waals surface area contributed by atoms with E-state index >= 15 is 0 Å². The molecule has 1 saturated carbocycles. The van der Waals surface area contributed by atoms with E-state index in [-0.39, 0.29) is 5.54 Å². The average molecular weight is 314 g/mol. The van der Waals surface area contributed by atoms with Crippen LogP contribution in [0.5, 0.6) is 0 Å². The van der Waals surface area contributed by atoms with Crippen molar-refractivity contribution in [2.45, 2.75) is 51.5 Å². The number of hydrogen-bond donors (Lipinski definition) is 2. The lowest BCUT2D eigenvalue weighted by Gasteiger charge is -2.49. The summed E-state index contributed by atoms with van der Waals surface area (Å²) in [5.74, 6) is 0.574. The van der Waals surface area contributed by atoms with Gasteiger partial charge in [0.15, 0.2) is 0 Å². The molecule has 1 fully saturated rings. The van der Waals surface area contributed by atoms with Crippen LogP contribution in [-0.4, -0.2) is 33.9 Å². The molecular weight excluding hydrogens is 288 g/mol. The van der Waals surface area contributed by atoms with Crippen molar-refractivity contribution in [3.63, 3.8) is 0 Å². The van der Waals surface area contributed by atoms with Gasteiger partial charge < -0.3 is 10.7 Å². The summed E-state index contributed by atoms with van der Waals surface area (Å²) in [5.41, 5.74) is 7.60. The lowest BCUT2D eigenvalue weighted by Crippen LogP contribution is -2.52. The minimum Gasteiger partial charge on any atom is -0.366 e. The van der Waals surface area contributed by atoms with Crippen molar-refractivity contribution in [3.8, 4) is 0 Å². The van der Waals surface area contributed by atoms with Gasteiger partial charge in [0.2, 0.25) is 0 Å². The summed E-state index contributed by atoms with van der Waals surface area (Å²) < 4.78 is 0. The van der Waals surface area contributed by atoms with Gasteiger partial charge in [-0.25, -0.2) is 4.98 Å². The van der Waals surface area contributed by atoms with E-state index in [1.807, 2.05) is 12.1 Å². The smallest absolute Gasteiger partial charge is 0.250 e. The molecule has 5 heteroatoms. The number of nitrogens with one attached hydrogen (secondary N) is 1. The molecule has 3 rings (SSSR count). The Morgan fingerprint density at radius 2 is 2.00 bits per heavy atom. The predicted octanol–water partition coefficient (Wildman–Crippen LogP) is 3.16. The third-order valence-electron chi connectivity index (χ3n) is 4.99. The maximum Gasteiger partial charge on any atom is 0.250 e. The van der Waals surface area contributed by atoms with Crippen LogP contribution in [0.1, 0.15) is 62.1 Å². The molecule has 1 heterocycles. The number of amides is 1. The molecule has 5 nitrogen and oxygen atoms in total. The number of primary amides is 1. The van der Waals surface area contributed by atoms with E-state index in [4.69, 9.17) is 10.7 Å². The largest absolute Gasteiger partial charge is 0.366 e. The van der Waals surface area contributed by atoms with Crippen LogP contribution in [0.25, 0.3) is 11.0 Å². The highest BCUT2D eigenvalue weighted by Crippen LogP contribution is 2.46. The van der Waals surface area contributed by atoms with Crippen LogP contribution in [0.15, 0.2) is 18.2 Å². The molecule has 23 heavy (non-hydrogen) atoms. The summed E-state index contributed by atoms with van der Waals surface area (Å²) in [7, 11) is 0. The number of nitrogens with zero attached hydrogens (tertiary/aromatic N) is 2. The molecule has 1 aromatic carbocycles. The Hall–Kier alpha value is -1.88. The fourth-order valence-electron chi connectivity index (χ4n) is 3.75. The van der Waals surface area contributed by atoms with Crippen molar-refractivity contribution in [3.05, 3.63) is 29.6 Å². The van der Waals surface area contributed by atoms with Gasteiger partial charge in [-0.15, -0.1) is 0 Å². The topological polar surface area (TPSA) is 75.0 Å². The van der Waals surface area contributed by atoms with E-state index in [1.165, 1.54) is 6.42 Å². The Balaban J connectivity index is 2.06. The zero-order valence-corrected chi connectivity index (χ0v) is 14.1. The van der Waals surface area contributed by atoms with Gasteiger partial charge in [0.05, 0.1) is 16.6 Å². The Kier molecular flexibility index (Phi) is 4.39. The summed E-state index contributed by atoms with van der Waals surface area (Å²) in [4.78, 5) is 22.5. The third kappa shape index (κ3) is 2.63. The van der Waals surface area contributed by atoms with Crippen molar-refractivity contribution in [1.29, 1.82) is 0 Å². The van der Waals surface area contributed by atoms with E-state index in [9.17, 15) is 4.79 Å². The molecule has 0 saturated heterocycles. The maximum atomic E-state index is 11.7. The second-order valence-electron chi connectivity index (χ2n) is 6.52. The van der Waals surface area contributed by atoms with E-state index in [0.29, 0.717) is 11.1 Å². The Morgan fingerprint density at radius 3 is 2.52 bits per heavy atom. The van der Waals surface area contributed by atoms with Gasteiger partial charge in [-0.1, -0.05) is 19.9 Å². The second-order valence-corrected chi connectivity index (χ2v) is 6.52. The summed E-state index contributed by atoms with van der Waals surface area (Å²) >= 11 is 0. The van der Waals surface area contributed by atoms with Gasteiger partial charge in [0.1, 0.15) is 11.3 Å².